The molecule has 1 heterocycles. The summed E-state index contributed by atoms with van der Waals surface area (Å²) in [7, 11) is 0. The van der Waals surface area contributed by atoms with Gasteiger partial charge in [-0.05, 0) is 25.6 Å². The summed E-state index contributed by atoms with van der Waals surface area (Å²) in [5.74, 6) is 0.352. The van der Waals surface area contributed by atoms with Crippen molar-refractivity contribution >= 4 is 29.1 Å². The molecule has 0 aliphatic carbocycles. The first-order chi connectivity index (χ1) is 9.01. The van der Waals surface area contributed by atoms with E-state index in [4.69, 9.17) is 23.2 Å². The molecular weight excluding hydrogens is 285 g/mol. The van der Waals surface area contributed by atoms with Crippen LogP contribution in [0.25, 0.3) is 0 Å². The Morgan fingerprint density at radius 2 is 2.11 bits per heavy atom. The molecule has 0 fully saturated rings. The van der Waals surface area contributed by atoms with Crippen LogP contribution in [-0.2, 0) is 0 Å². The van der Waals surface area contributed by atoms with Crippen molar-refractivity contribution in [2.24, 2.45) is 0 Å². The lowest BCUT2D eigenvalue weighted by Crippen LogP contribution is -2.50. The van der Waals surface area contributed by atoms with Crippen LogP contribution in [0.3, 0.4) is 0 Å². The van der Waals surface area contributed by atoms with Gasteiger partial charge in [-0.3, -0.25) is 14.7 Å². The summed E-state index contributed by atoms with van der Waals surface area (Å²) in [6.45, 7) is 5.69. The van der Waals surface area contributed by atoms with Crippen LogP contribution in [0.2, 0.25) is 0 Å². The Hall–Kier alpha value is -0.840. The van der Waals surface area contributed by atoms with E-state index in [0.717, 1.165) is 6.54 Å². The lowest BCUT2D eigenvalue weighted by atomic mass is 10.2. The average Bonchev–Trinajstić information content (AvgIpc) is 2.43. The number of carbonyl (C=O) groups excluding carboxylic acids is 1. The summed E-state index contributed by atoms with van der Waals surface area (Å²) in [6, 6.07) is 3.33. The van der Waals surface area contributed by atoms with Crippen molar-refractivity contribution in [2.75, 3.05) is 25.5 Å². The smallest absolute Gasteiger partial charge is 0.251 e. The first-order valence-electron chi connectivity index (χ1n) is 6.19. The zero-order valence-corrected chi connectivity index (χ0v) is 12.7. The van der Waals surface area contributed by atoms with Gasteiger partial charge < -0.3 is 5.32 Å². The Bertz CT molecular complexity index is 398. The number of hydrogen-bond acceptors (Lipinski definition) is 3. The van der Waals surface area contributed by atoms with Gasteiger partial charge in [-0.15, -0.1) is 23.2 Å². The summed E-state index contributed by atoms with van der Waals surface area (Å²) in [5.41, 5.74) is 0.572. The number of nitrogens with one attached hydrogen (secondary N) is 1. The van der Waals surface area contributed by atoms with Gasteiger partial charge in [0.2, 0.25) is 0 Å². The van der Waals surface area contributed by atoms with Crippen LogP contribution in [0, 0.1) is 0 Å². The Morgan fingerprint density at radius 3 is 2.63 bits per heavy atom. The van der Waals surface area contributed by atoms with Crippen LogP contribution in [0.15, 0.2) is 24.5 Å². The highest BCUT2D eigenvalue weighted by Crippen LogP contribution is 2.19. The maximum absolute atomic E-state index is 11.9. The zero-order valence-electron chi connectivity index (χ0n) is 11.2. The first-order valence-corrected chi connectivity index (χ1v) is 7.10. The van der Waals surface area contributed by atoms with Gasteiger partial charge in [-0.25, -0.2) is 0 Å². The van der Waals surface area contributed by atoms with Gasteiger partial charge in [0, 0.05) is 36.9 Å². The molecular formula is C13H19Cl2N3O. The number of carbonyl (C=O) groups is 1. The summed E-state index contributed by atoms with van der Waals surface area (Å²) in [6.07, 6.45) is 3.17. The van der Waals surface area contributed by atoms with E-state index in [-0.39, 0.29) is 5.91 Å². The third-order valence-corrected chi connectivity index (χ3v) is 3.45. The predicted octanol–water partition coefficient (Wildman–Crippen LogP) is 2.33. The van der Waals surface area contributed by atoms with Gasteiger partial charge in [-0.2, -0.15) is 0 Å². The van der Waals surface area contributed by atoms with E-state index in [1.54, 1.807) is 24.5 Å². The topological polar surface area (TPSA) is 45.2 Å². The fourth-order valence-electron chi connectivity index (χ4n) is 1.78. The second-order valence-corrected chi connectivity index (χ2v) is 5.52. The zero-order chi connectivity index (χ0) is 14.3. The van der Waals surface area contributed by atoms with Gasteiger partial charge in [0.25, 0.3) is 5.91 Å². The molecule has 1 aromatic rings. The molecule has 0 aliphatic heterocycles. The number of alkyl halides is 2. The van der Waals surface area contributed by atoms with Crippen molar-refractivity contribution in [3.63, 3.8) is 0 Å². The fourth-order valence-corrected chi connectivity index (χ4v) is 2.26. The molecule has 0 saturated heterocycles. The number of pyridine rings is 1. The van der Waals surface area contributed by atoms with Crippen LogP contribution >= 0.6 is 23.2 Å². The number of amides is 1. The highest BCUT2D eigenvalue weighted by molar-refractivity contribution is 6.23. The van der Waals surface area contributed by atoms with Crippen LogP contribution < -0.4 is 5.32 Å². The highest BCUT2D eigenvalue weighted by atomic mass is 35.5. The monoisotopic (exact) mass is 303 g/mol. The Kier molecular flexibility index (Phi) is 6.55. The molecule has 4 nitrogen and oxygen atoms in total. The van der Waals surface area contributed by atoms with Crippen LogP contribution in [0.4, 0.5) is 0 Å². The quantitative estimate of drug-likeness (QED) is 0.621. The van der Waals surface area contributed by atoms with Gasteiger partial charge in [0.15, 0.2) is 0 Å². The lowest BCUT2D eigenvalue weighted by Gasteiger charge is -2.35. The van der Waals surface area contributed by atoms with E-state index in [2.05, 4.69) is 10.3 Å². The van der Waals surface area contributed by atoms with Gasteiger partial charge in [0.1, 0.15) is 5.00 Å². The molecule has 19 heavy (non-hydrogen) atoms. The molecule has 1 N–H and O–H groups in total. The summed E-state index contributed by atoms with van der Waals surface area (Å²) in [4.78, 5) is 17.2. The lowest BCUT2D eigenvalue weighted by molar-refractivity contribution is 0.0928. The summed E-state index contributed by atoms with van der Waals surface area (Å²) < 4.78 is 0. The number of nitrogens with zero attached hydrogens (tertiary/aromatic N) is 2. The number of likely N-dealkylation sites (N-methyl/N-ethyl adjacent to an activating group) is 1. The average molecular weight is 304 g/mol. The molecule has 0 saturated carbocycles. The minimum atomic E-state index is -0.646. The van der Waals surface area contributed by atoms with Crippen LogP contribution in [0.5, 0.6) is 0 Å². The van der Waals surface area contributed by atoms with Crippen molar-refractivity contribution in [3.8, 4) is 0 Å². The van der Waals surface area contributed by atoms with Gasteiger partial charge in [-0.1, -0.05) is 6.92 Å². The molecule has 106 valence electrons. The van der Waals surface area contributed by atoms with Crippen molar-refractivity contribution in [1.29, 1.82) is 0 Å². The molecule has 0 radical (unpaired) electrons. The first kappa shape index (κ1) is 16.2. The van der Waals surface area contributed by atoms with Crippen molar-refractivity contribution in [2.45, 2.75) is 18.8 Å². The largest absolute Gasteiger partial charge is 0.349 e. The van der Waals surface area contributed by atoms with Crippen molar-refractivity contribution in [3.05, 3.63) is 30.1 Å². The predicted molar refractivity (Wildman–Crippen MR) is 78.8 cm³/mol. The van der Waals surface area contributed by atoms with E-state index in [0.29, 0.717) is 24.5 Å². The van der Waals surface area contributed by atoms with E-state index in [9.17, 15) is 4.79 Å². The number of halogens is 2. The van der Waals surface area contributed by atoms with Crippen LogP contribution in [0.1, 0.15) is 24.2 Å². The summed E-state index contributed by atoms with van der Waals surface area (Å²) in [5, 5.41) is 2.83. The van der Waals surface area contributed by atoms with Crippen molar-refractivity contribution < 1.29 is 4.79 Å². The Balaban J connectivity index is 2.57. The number of hydrogen-bond donors (Lipinski definition) is 1. The molecule has 6 heteroatoms. The van der Waals surface area contributed by atoms with E-state index >= 15 is 0 Å². The second-order valence-electron chi connectivity index (χ2n) is 4.33. The number of rotatable bonds is 7. The second kappa shape index (κ2) is 7.68. The minimum Gasteiger partial charge on any atom is -0.349 e. The molecule has 0 aliphatic rings. The maximum atomic E-state index is 11.9. The van der Waals surface area contributed by atoms with Gasteiger partial charge >= 0.3 is 0 Å². The van der Waals surface area contributed by atoms with Gasteiger partial charge in [0.05, 0.1) is 0 Å². The van der Waals surface area contributed by atoms with E-state index in [1.165, 1.54) is 0 Å². The molecule has 1 aromatic heterocycles. The normalized spacial score (nSPS) is 14.2. The van der Waals surface area contributed by atoms with E-state index in [1.807, 2.05) is 18.7 Å². The number of aromatic nitrogens is 1. The molecule has 0 spiro atoms. The molecule has 1 rings (SSSR count). The minimum absolute atomic E-state index is 0.156. The molecule has 1 amide bonds. The van der Waals surface area contributed by atoms with Crippen molar-refractivity contribution in [1.82, 2.24) is 15.2 Å². The third-order valence-electron chi connectivity index (χ3n) is 2.91. The highest BCUT2D eigenvalue weighted by Gasteiger charge is 2.28. The van der Waals surface area contributed by atoms with E-state index < -0.39 is 5.00 Å². The Labute approximate surface area is 124 Å². The molecule has 0 unspecified atom stereocenters. The fraction of sp³-hybridized carbons (Fsp3) is 0.538. The summed E-state index contributed by atoms with van der Waals surface area (Å²) >= 11 is 12.2. The SMILES string of the molecule is CCN(CCCl)[C@@](C)(Cl)CNC(=O)c1ccncc1. The maximum Gasteiger partial charge on any atom is 0.251 e. The van der Waals surface area contributed by atoms with Crippen LogP contribution in [-0.4, -0.2) is 46.3 Å². The molecule has 0 bridgehead atoms. The standard InChI is InChI=1S/C13H19Cl2N3O/c1-3-18(9-6-14)13(2,15)10-17-12(19)11-4-7-16-8-5-11/h4-5,7-8H,3,6,9-10H2,1-2H3,(H,17,19)/t13-/m1/s1. The molecule has 0 aromatic carbocycles. The molecule has 1 atom stereocenters. The third kappa shape index (κ3) is 4.97. The Morgan fingerprint density at radius 1 is 1.47 bits per heavy atom.